The summed E-state index contributed by atoms with van der Waals surface area (Å²) in [7, 11) is 1.48. The number of nitrogens with zero attached hydrogens (tertiary/aromatic N) is 1. The maximum atomic E-state index is 12.3. The molecule has 0 saturated heterocycles. The van der Waals surface area contributed by atoms with Gasteiger partial charge in [-0.15, -0.1) is 0 Å². The first-order valence-electron chi connectivity index (χ1n) is 8.71. The second kappa shape index (κ2) is 8.97. The molecule has 1 aromatic heterocycles. The minimum absolute atomic E-state index is 0.0195. The van der Waals surface area contributed by atoms with Crippen LogP contribution in [0.3, 0.4) is 0 Å². The Labute approximate surface area is 169 Å². The summed E-state index contributed by atoms with van der Waals surface area (Å²) >= 11 is 0. The SMILES string of the molecule is COCCNC(=O)c1cc2ccc(OC(=O)c3ccccc3[N+](=O)[O-])cc2oc1=O. The number of fused-ring (bicyclic) bond motifs is 1. The summed E-state index contributed by atoms with van der Waals surface area (Å²) in [5.74, 6) is -1.51. The van der Waals surface area contributed by atoms with Crippen molar-refractivity contribution in [2.75, 3.05) is 20.3 Å². The predicted octanol–water partition coefficient (Wildman–Crippen LogP) is 2.30. The molecule has 1 amide bonds. The van der Waals surface area contributed by atoms with Gasteiger partial charge in [0.15, 0.2) is 0 Å². The number of nitrogens with one attached hydrogen (secondary N) is 1. The van der Waals surface area contributed by atoms with Gasteiger partial charge in [-0.25, -0.2) is 9.59 Å². The van der Waals surface area contributed by atoms with Gasteiger partial charge in [-0.05, 0) is 24.3 Å². The number of amides is 1. The summed E-state index contributed by atoms with van der Waals surface area (Å²) in [6, 6.07) is 10.9. The number of nitro benzene ring substituents is 1. The average Bonchev–Trinajstić information content (AvgIpc) is 2.73. The van der Waals surface area contributed by atoms with Crippen molar-refractivity contribution >= 4 is 28.5 Å². The van der Waals surface area contributed by atoms with E-state index in [1.54, 1.807) is 0 Å². The summed E-state index contributed by atoms with van der Waals surface area (Å²) in [6.07, 6.45) is 0. The molecule has 0 aliphatic heterocycles. The van der Waals surface area contributed by atoms with E-state index in [0.717, 1.165) is 0 Å². The predicted molar refractivity (Wildman–Crippen MR) is 105 cm³/mol. The van der Waals surface area contributed by atoms with Crippen LogP contribution in [0.4, 0.5) is 5.69 Å². The third-order valence-electron chi connectivity index (χ3n) is 4.08. The van der Waals surface area contributed by atoms with Crippen molar-refractivity contribution < 1.29 is 28.4 Å². The third kappa shape index (κ3) is 4.50. The highest BCUT2D eigenvalue weighted by Crippen LogP contribution is 2.24. The Morgan fingerprint density at radius 1 is 1.13 bits per heavy atom. The smallest absolute Gasteiger partial charge is 0.350 e. The lowest BCUT2D eigenvalue weighted by molar-refractivity contribution is -0.385. The summed E-state index contributed by atoms with van der Waals surface area (Å²) in [5, 5.41) is 14.0. The number of carbonyl (C=O) groups excluding carboxylic acids is 2. The van der Waals surface area contributed by atoms with E-state index in [1.165, 1.54) is 55.6 Å². The van der Waals surface area contributed by atoms with Gasteiger partial charge in [0.2, 0.25) is 0 Å². The van der Waals surface area contributed by atoms with Crippen LogP contribution in [-0.4, -0.2) is 37.1 Å². The minimum Gasteiger partial charge on any atom is -0.423 e. The average molecular weight is 412 g/mol. The van der Waals surface area contributed by atoms with E-state index in [2.05, 4.69) is 5.32 Å². The van der Waals surface area contributed by atoms with Gasteiger partial charge >= 0.3 is 11.6 Å². The summed E-state index contributed by atoms with van der Waals surface area (Å²) in [6.45, 7) is 0.520. The van der Waals surface area contributed by atoms with Gasteiger partial charge in [0, 0.05) is 31.2 Å². The Bertz CT molecular complexity index is 1180. The van der Waals surface area contributed by atoms with Gasteiger partial charge in [0.05, 0.1) is 11.5 Å². The molecule has 1 heterocycles. The van der Waals surface area contributed by atoms with E-state index < -0.39 is 22.4 Å². The lowest BCUT2D eigenvalue weighted by Gasteiger charge is -2.07. The van der Waals surface area contributed by atoms with Gasteiger partial charge in [-0.1, -0.05) is 12.1 Å². The normalized spacial score (nSPS) is 10.6. The van der Waals surface area contributed by atoms with Gasteiger partial charge in [0.1, 0.15) is 22.5 Å². The molecule has 0 radical (unpaired) electrons. The number of hydrogen-bond donors (Lipinski definition) is 1. The van der Waals surface area contributed by atoms with Crippen LogP contribution >= 0.6 is 0 Å². The van der Waals surface area contributed by atoms with Crippen molar-refractivity contribution in [2.24, 2.45) is 0 Å². The standard InChI is InChI=1S/C20H16N2O8/c1-28-9-8-21-18(23)15-10-12-6-7-13(11-17(12)30-20(15)25)29-19(24)14-4-2-3-5-16(14)22(26)27/h2-7,10-11H,8-9H2,1H3,(H,21,23). The van der Waals surface area contributed by atoms with Crippen LogP contribution in [0.15, 0.2) is 57.7 Å². The minimum atomic E-state index is -0.932. The van der Waals surface area contributed by atoms with Crippen LogP contribution in [0.25, 0.3) is 11.0 Å². The monoisotopic (exact) mass is 412 g/mol. The number of ether oxygens (including phenoxy) is 2. The molecule has 0 bridgehead atoms. The quantitative estimate of drug-likeness (QED) is 0.156. The first kappa shape index (κ1) is 20.7. The van der Waals surface area contributed by atoms with Crippen molar-refractivity contribution in [1.29, 1.82) is 0 Å². The van der Waals surface area contributed by atoms with Gasteiger partial charge in [0.25, 0.3) is 11.6 Å². The molecule has 0 fully saturated rings. The molecule has 0 saturated carbocycles. The number of rotatable bonds is 7. The highest BCUT2D eigenvalue weighted by atomic mass is 16.6. The molecule has 1 N–H and O–H groups in total. The molecule has 10 heteroatoms. The number of esters is 1. The number of hydrogen-bond acceptors (Lipinski definition) is 8. The number of para-hydroxylation sites is 1. The summed E-state index contributed by atoms with van der Waals surface area (Å²) in [4.78, 5) is 46.9. The maximum absolute atomic E-state index is 12.3. The highest BCUT2D eigenvalue weighted by Gasteiger charge is 2.21. The first-order valence-corrected chi connectivity index (χ1v) is 8.71. The number of benzene rings is 2. The molecule has 3 rings (SSSR count). The van der Waals surface area contributed by atoms with Crippen molar-refractivity contribution in [3.63, 3.8) is 0 Å². The molecule has 2 aromatic carbocycles. The molecule has 10 nitrogen and oxygen atoms in total. The Morgan fingerprint density at radius 2 is 1.90 bits per heavy atom. The second-order valence-corrected chi connectivity index (χ2v) is 6.06. The van der Waals surface area contributed by atoms with Crippen LogP contribution in [0.5, 0.6) is 5.75 Å². The summed E-state index contributed by atoms with van der Waals surface area (Å²) in [5.41, 5.74) is -1.56. The highest BCUT2D eigenvalue weighted by molar-refractivity contribution is 5.97. The fourth-order valence-corrected chi connectivity index (χ4v) is 2.64. The Kier molecular flexibility index (Phi) is 6.18. The lowest BCUT2D eigenvalue weighted by Crippen LogP contribution is -2.30. The molecule has 0 aliphatic carbocycles. The van der Waals surface area contributed by atoms with Crippen molar-refractivity contribution in [2.45, 2.75) is 0 Å². The fraction of sp³-hybridized carbons (Fsp3) is 0.150. The summed E-state index contributed by atoms with van der Waals surface area (Å²) < 4.78 is 15.2. The lowest BCUT2D eigenvalue weighted by atomic mass is 10.1. The first-order chi connectivity index (χ1) is 14.4. The van der Waals surface area contributed by atoms with Crippen molar-refractivity contribution in [3.8, 4) is 5.75 Å². The molecule has 3 aromatic rings. The zero-order chi connectivity index (χ0) is 21.7. The van der Waals surface area contributed by atoms with Gasteiger partial charge < -0.3 is 19.2 Å². The Morgan fingerprint density at radius 3 is 2.63 bits per heavy atom. The molecule has 0 spiro atoms. The van der Waals surface area contributed by atoms with Gasteiger partial charge in [-0.2, -0.15) is 0 Å². The van der Waals surface area contributed by atoms with E-state index in [9.17, 15) is 24.5 Å². The zero-order valence-corrected chi connectivity index (χ0v) is 15.7. The van der Waals surface area contributed by atoms with Crippen molar-refractivity contribution in [1.82, 2.24) is 5.32 Å². The van der Waals surface area contributed by atoms with E-state index in [4.69, 9.17) is 13.9 Å². The molecule has 30 heavy (non-hydrogen) atoms. The largest absolute Gasteiger partial charge is 0.423 e. The van der Waals surface area contributed by atoms with Gasteiger partial charge in [-0.3, -0.25) is 14.9 Å². The number of carbonyl (C=O) groups is 2. The molecular formula is C20H16N2O8. The topological polar surface area (TPSA) is 138 Å². The van der Waals surface area contributed by atoms with E-state index in [0.29, 0.717) is 12.0 Å². The molecule has 0 atom stereocenters. The van der Waals surface area contributed by atoms with Crippen LogP contribution in [0.2, 0.25) is 0 Å². The van der Waals surface area contributed by atoms with Crippen molar-refractivity contribution in [3.05, 3.63) is 80.2 Å². The maximum Gasteiger partial charge on any atom is 0.350 e. The second-order valence-electron chi connectivity index (χ2n) is 6.06. The van der Waals surface area contributed by atoms with Crippen LogP contribution < -0.4 is 15.7 Å². The Hall–Kier alpha value is -4.05. The zero-order valence-electron chi connectivity index (χ0n) is 15.7. The molecular weight excluding hydrogens is 396 g/mol. The van der Waals surface area contributed by atoms with E-state index >= 15 is 0 Å². The third-order valence-corrected chi connectivity index (χ3v) is 4.08. The van der Waals surface area contributed by atoms with Crippen LogP contribution in [0, 0.1) is 10.1 Å². The fourth-order valence-electron chi connectivity index (χ4n) is 2.64. The van der Waals surface area contributed by atoms with E-state index in [1.807, 2.05) is 0 Å². The number of nitro groups is 1. The van der Waals surface area contributed by atoms with Crippen LogP contribution in [-0.2, 0) is 4.74 Å². The number of methoxy groups -OCH3 is 1. The molecule has 0 aliphatic rings. The Balaban J connectivity index is 1.85. The van der Waals surface area contributed by atoms with Crippen LogP contribution in [0.1, 0.15) is 20.7 Å². The molecule has 0 unspecified atom stereocenters. The molecule has 154 valence electrons. The van der Waals surface area contributed by atoms with E-state index in [-0.39, 0.29) is 34.7 Å².